The van der Waals surface area contributed by atoms with Crippen molar-refractivity contribution in [3.05, 3.63) is 65.3 Å². The van der Waals surface area contributed by atoms with Gasteiger partial charge in [0.2, 0.25) is 5.91 Å². The molecular weight excluding hydrogens is 422 g/mol. The Kier molecular flexibility index (Phi) is 5.79. The lowest BCUT2D eigenvalue weighted by Gasteiger charge is -2.29. The summed E-state index contributed by atoms with van der Waals surface area (Å²) < 4.78 is 5.47. The summed E-state index contributed by atoms with van der Waals surface area (Å²) in [6, 6.07) is 14.1. The molecule has 1 saturated heterocycles. The number of nitrogens with one attached hydrogen (secondary N) is 1. The van der Waals surface area contributed by atoms with E-state index in [0.29, 0.717) is 11.0 Å². The zero-order chi connectivity index (χ0) is 21.9. The quantitative estimate of drug-likeness (QED) is 0.499. The molecule has 1 aliphatic heterocycles. The standard InChI is InChI=1S/C24H23N5O2S/c1-16-15-32-24(26-16)27-21(30)13-17-4-2-6-19-14-25-23(28-22(17)19)18-5-3-7-20(12-18)29-8-10-31-11-9-29/h2-7,12,14-15H,8-11,13H2,1H3,(H,26,27,30). The van der Waals surface area contributed by atoms with Gasteiger partial charge in [-0.1, -0.05) is 30.3 Å². The maximum atomic E-state index is 12.6. The van der Waals surface area contributed by atoms with Crippen LogP contribution in [0.4, 0.5) is 10.8 Å². The van der Waals surface area contributed by atoms with E-state index in [1.54, 1.807) is 0 Å². The zero-order valence-electron chi connectivity index (χ0n) is 17.7. The first-order valence-electron chi connectivity index (χ1n) is 10.6. The Morgan fingerprint density at radius 1 is 1.16 bits per heavy atom. The van der Waals surface area contributed by atoms with Gasteiger partial charge in [0.15, 0.2) is 11.0 Å². The third-order valence-electron chi connectivity index (χ3n) is 5.39. The van der Waals surface area contributed by atoms with Crippen molar-refractivity contribution in [1.29, 1.82) is 0 Å². The summed E-state index contributed by atoms with van der Waals surface area (Å²) >= 11 is 1.42. The van der Waals surface area contributed by atoms with Gasteiger partial charge in [0.1, 0.15) is 0 Å². The molecular formula is C24H23N5O2S. The first kappa shape index (κ1) is 20.5. The van der Waals surface area contributed by atoms with E-state index >= 15 is 0 Å². The summed E-state index contributed by atoms with van der Waals surface area (Å²) in [4.78, 5) is 28.7. The number of benzene rings is 2. The van der Waals surface area contributed by atoms with E-state index < -0.39 is 0 Å². The van der Waals surface area contributed by atoms with Crippen LogP contribution in [0.15, 0.2) is 54.0 Å². The SMILES string of the molecule is Cc1csc(NC(=O)Cc2cccc3cnc(-c4cccc(N5CCOCC5)c4)nc23)n1. The van der Waals surface area contributed by atoms with Gasteiger partial charge in [0, 0.05) is 41.3 Å². The van der Waals surface area contributed by atoms with E-state index in [-0.39, 0.29) is 12.3 Å². The Hall–Kier alpha value is -3.36. The Balaban J connectivity index is 1.43. The first-order chi connectivity index (χ1) is 15.7. The number of hydrogen-bond acceptors (Lipinski definition) is 7. The fourth-order valence-electron chi connectivity index (χ4n) is 3.81. The number of ether oxygens (including phenoxy) is 1. The van der Waals surface area contributed by atoms with Gasteiger partial charge in [-0.3, -0.25) is 4.79 Å². The minimum atomic E-state index is -0.110. The van der Waals surface area contributed by atoms with Crippen molar-refractivity contribution >= 4 is 39.0 Å². The van der Waals surface area contributed by atoms with Crippen LogP contribution in [0.5, 0.6) is 0 Å². The monoisotopic (exact) mass is 445 g/mol. The molecule has 0 bridgehead atoms. The third-order valence-corrected chi connectivity index (χ3v) is 6.27. The molecule has 0 spiro atoms. The number of hydrogen-bond donors (Lipinski definition) is 1. The largest absolute Gasteiger partial charge is 0.378 e. The van der Waals surface area contributed by atoms with E-state index in [1.807, 2.05) is 48.8 Å². The van der Waals surface area contributed by atoms with E-state index in [1.165, 1.54) is 11.3 Å². The van der Waals surface area contributed by atoms with Gasteiger partial charge in [-0.25, -0.2) is 15.0 Å². The number of fused-ring (bicyclic) bond motifs is 1. The van der Waals surface area contributed by atoms with Gasteiger partial charge in [-0.15, -0.1) is 11.3 Å². The maximum absolute atomic E-state index is 12.6. The van der Waals surface area contributed by atoms with Crippen molar-refractivity contribution in [2.24, 2.45) is 0 Å². The number of anilines is 2. The predicted molar refractivity (Wildman–Crippen MR) is 127 cm³/mol. The number of para-hydroxylation sites is 1. The highest BCUT2D eigenvalue weighted by molar-refractivity contribution is 7.13. The van der Waals surface area contributed by atoms with Gasteiger partial charge in [-0.05, 0) is 24.6 Å². The minimum absolute atomic E-state index is 0.110. The van der Waals surface area contributed by atoms with Crippen LogP contribution in [0.1, 0.15) is 11.3 Å². The molecule has 7 nitrogen and oxygen atoms in total. The Morgan fingerprint density at radius 2 is 2.00 bits per heavy atom. The fourth-order valence-corrected chi connectivity index (χ4v) is 4.51. The van der Waals surface area contributed by atoms with Gasteiger partial charge < -0.3 is 15.0 Å². The normalized spacial score (nSPS) is 14.0. The van der Waals surface area contributed by atoms with Crippen LogP contribution in [-0.4, -0.2) is 47.2 Å². The van der Waals surface area contributed by atoms with Crippen LogP contribution in [0.25, 0.3) is 22.3 Å². The number of nitrogens with zero attached hydrogens (tertiary/aromatic N) is 4. The lowest BCUT2D eigenvalue weighted by molar-refractivity contribution is -0.115. The van der Waals surface area contributed by atoms with Crippen LogP contribution in [-0.2, 0) is 16.0 Å². The second kappa shape index (κ2) is 9.02. The lowest BCUT2D eigenvalue weighted by atomic mass is 10.1. The van der Waals surface area contributed by atoms with Gasteiger partial charge >= 0.3 is 0 Å². The number of carbonyl (C=O) groups is 1. The van der Waals surface area contributed by atoms with E-state index in [0.717, 1.165) is 59.7 Å². The molecule has 1 fully saturated rings. The number of morpholine rings is 1. The summed E-state index contributed by atoms with van der Waals surface area (Å²) in [5, 5.41) is 6.31. The number of aryl methyl sites for hydroxylation is 1. The summed E-state index contributed by atoms with van der Waals surface area (Å²) in [6.45, 7) is 5.13. The number of rotatable bonds is 5. The predicted octanol–water partition coefficient (Wildman–Crippen LogP) is 4.08. The van der Waals surface area contributed by atoms with Crippen molar-refractivity contribution in [2.45, 2.75) is 13.3 Å². The topological polar surface area (TPSA) is 80.2 Å². The van der Waals surface area contributed by atoms with E-state index in [2.05, 4.69) is 32.3 Å². The molecule has 4 aromatic rings. The molecule has 3 heterocycles. The fraction of sp³-hybridized carbons (Fsp3) is 0.250. The van der Waals surface area contributed by atoms with Crippen molar-refractivity contribution in [2.75, 3.05) is 36.5 Å². The summed E-state index contributed by atoms with van der Waals surface area (Å²) in [5.41, 5.74) is 4.64. The Bertz CT molecular complexity index is 1270. The molecule has 1 amide bonds. The molecule has 162 valence electrons. The zero-order valence-corrected chi connectivity index (χ0v) is 18.6. The van der Waals surface area contributed by atoms with E-state index in [9.17, 15) is 4.79 Å². The van der Waals surface area contributed by atoms with Crippen LogP contribution in [0.3, 0.4) is 0 Å². The van der Waals surface area contributed by atoms with Crippen molar-refractivity contribution < 1.29 is 9.53 Å². The molecule has 8 heteroatoms. The molecule has 1 N–H and O–H groups in total. The minimum Gasteiger partial charge on any atom is -0.378 e. The second-order valence-electron chi connectivity index (χ2n) is 7.72. The molecule has 0 saturated carbocycles. The van der Waals surface area contributed by atoms with Crippen LogP contribution in [0, 0.1) is 6.92 Å². The smallest absolute Gasteiger partial charge is 0.230 e. The highest BCUT2D eigenvalue weighted by Gasteiger charge is 2.14. The molecule has 1 aliphatic rings. The van der Waals surface area contributed by atoms with Crippen LogP contribution < -0.4 is 10.2 Å². The summed E-state index contributed by atoms with van der Waals surface area (Å²) in [7, 11) is 0. The first-order valence-corrected chi connectivity index (χ1v) is 11.4. The van der Waals surface area contributed by atoms with Gasteiger partial charge in [0.25, 0.3) is 0 Å². The highest BCUT2D eigenvalue weighted by atomic mass is 32.1. The molecule has 0 unspecified atom stereocenters. The summed E-state index contributed by atoms with van der Waals surface area (Å²) in [5.74, 6) is 0.539. The molecule has 0 radical (unpaired) electrons. The van der Waals surface area contributed by atoms with Crippen molar-refractivity contribution in [3.8, 4) is 11.4 Å². The molecule has 32 heavy (non-hydrogen) atoms. The van der Waals surface area contributed by atoms with Crippen LogP contribution >= 0.6 is 11.3 Å². The molecule has 5 rings (SSSR count). The van der Waals surface area contributed by atoms with Crippen molar-refractivity contribution in [1.82, 2.24) is 15.0 Å². The van der Waals surface area contributed by atoms with Crippen LogP contribution in [0.2, 0.25) is 0 Å². The third kappa shape index (κ3) is 4.46. The molecule has 2 aromatic carbocycles. The molecule has 0 atom stereocenters. The number of thiazole rings is 1. The summed E-state index contributed by atoms with van der Waals surface area (Å²) in [6.07, 6.45) is 2.05. The van der Waals surface area contributed by atoms with E-state index in [4.69, 9.17) is 9.72 Å². The Morgan fingerprint density at radius 3 is 2.81 bits per heavy atom. The number of carbonyl (C=O) groups excluding carboxylic acids is 1. The average Bonchev–Trinajstić information content (AvgIpc) is 3.24. The van der Waals surface area contributed by atoms with Gasteiger partial charge in [0.05, 0.1) is 30.8 Å². The van der Waals surface area contributed by atoms with Gasteiger partial charge in [-0.2, -0.15) is 0 Å². The Labute approximate surface area is 190 Å². The number of aromatic nitrogens is 3. The average molecular weight is 446 g/mol. The maximum Gasteiger partial charge on any atom is 0.230 e. The lowest BCUT2D eigenvalue weighted by Crippen LogP contribution is -2.36. The molecule has 0 aliphatic carbocycles. The van der Waals surface area contributed by atoms with Crippen molar-refractivity contribution in [3.63, 3.8) is 0 Å². The molecule has 2 aromatic heterocycles. The number of amides is 1. The second-order valence-corrected chi connectivity index (χ2v) is 8.58. The highest BCUT2D eigenvalue weighted by Crippen LogP contribution is 2.26.